The van der Waals surface area contributed by atoms with E-state index in [1.165, 1.54) is 16.7 Å². The molecular formula is C23H23ClO. The molecule has 0 saturated heterocycles. The smallest absolute Gasteiger partial charge is 0.124 e. The zero-order chi connectivity index (χ0) is 17.5. The summed E-state index contributed by atoms with van der Waals surface area (Å²) in [5.74, 6) is 1.32. The molecule has 0 aliphatic rings. The van der Waals surface area contributed by atoms with Crippen molar-refractivity contribution in [2.75, 3.05) is 0 Å². The molecule has 0 fully saturated rings. The number of benzene rings is 3. The number of hydrogen-bond acceptors (Lipinski definition) is 1. The predicted molar refractivity (Wildman–Crippen MR) is 105 cm³/mol. The molecule has 0 aromatic heterocycles. The Morgan fingerprint density at radius 1 is 0.760 bits per heavy atom. The summed E-state index contributed by atoms with van der Waals surface area (Å²) in [5, 5.41) is 0. The van der Waals surface area contributed by atoms with Gasteiger partial charge in [0.15, 0.2) is 0 Å². The monoisotopic (exact) mass is 350 g/mol. The quantitative estimate of drug-likeness (QED) is 0.464. The Hall–Kier alpha value is -2.25. The van der Waals surface area contributed by atoms with Crippen LogP contribution >= 0.6 is 11.6 Å². The first-order valence-electron chi connectivity index (χ1n) is 8.71. The van der Waals surface area contributed by atoms with E-state index in [4.69, 9.17) is 16.3 Å². The van der Waals surface area contributed by atoms with Crippen molar-refractivity contribution < 1.29 is 4.74 Å². The highest BCUT2D eigenvalue weighted by atomic mass is 35.5. The van der Waals surface area contributed by atoms with E-state index in [1.54, 1.807) is 0 Å². The molecule has 0 amide bonds. The van der Waals surface area contributed by atoms with Crippen molar-refractivity contribution >= 4 is 11.6 Å². The molecule has 0 atom stereocenters. The molecule has 128 valence electrons. The lowest BCUT2D eigenvalue weighted by molar-refractivity contribution is 0.304. The van der Waals surface area contributed by atoms with Gasteiger partial charge in [-0.05, 0) is 41.2 Å². The Morgan fingerprint density at radius 2 is 1.44 bits per heavy atom. The van der Waals surface area contributed by atoms with Gasteiger partial charge in [0.2, 0.25) is 0 Å². The second-order valence-corrected chi connectivity index (χ2v) is 6.46. The average Bonchev–Trinajstić information content (AvgIpc) is 2.68. The molecule has 0 saturated carbocycles. The van der Waals surface area contributed by atoms with Crippen molar-refractivity contribution in [3.8, 4) is 5.75 Å². The molecule has 0 N–H and O–H groups in total. The molecule has 3 rings (SSSR count). The van der Waals surface area contributed by atoms with E-state index < -0.39 is 0 Å². The fourth-order valence-corrected chi connectivity index (χ4v) is 3.06. The minimum atomic E-state index is 0.451. The van der Waals surface area contributed by atoms with E-state index in [0.29, 0.717) is 12.5 Å². The summed E-state index contributed by atoms with van der Waals surface area (Å²) in [7, 11) is 0. The molecule has 3 aromatic carbocycles. The van der Waals surface area contributed by atoms with Crippen LogP contribution in [-0.2, 0) is 25.3 Å². The fourth-order valence-electron chi connectivity index (χ4n) is 2.85. The average molecular weight is 351 g/mol. The number of rotatable bonds is 7. The zero-order valence-electron chi connectivity index (χ0n) is 14.5. The van der Waals surface area contributed by atoms with Crippen molar-refractivity contribution in [3.63, 3.8) is 0 Å². The minimum Gasteiger partial charge on any atom is -0.489 e. The highest BCUT2D eigenvalue weighted by molar-refractivity contribution is 6.17. The number of alkyl halides is 1. The molecule has 0 radical (unpaired) electrons. The van der Waals surface area contributed by atoms with E-state index in [1.807, 2.05) is 24.3 Å². The Balaban J connectivity index is 1.70. The van der Waals surface area contributed by atoms with Gasteiger partial charge in [-0.25, -0.2) is 0 Å². The van der Waals surface area contributed by atoms with Gasteiger partial charge in [-0.1, -0.05) is 73.7 Å². The van der Waals surface area contributed by atoms with Crippen LogP contribution in [0.25, 0.3) is 0 Å². The maximum atomic E-state index is 6.15. The third-order valence-electron chi connectivity index (χ3n) is 4.35. The first-order valence-corrected chi connectivity index (χ1v) is 9.24. The van der Waals surface area contributed by atoms with Gasteiger partial charge >= 0.3 is 0 Å². The normalized spacial score (nSPS) is 10.6. The standard InChI is InChI=1S/C23H23ClO/c1-2-18-8-10-19(11-9-18)14-21-12-13-23(22(15-21)16-24)25-17-20-6-4-3-5-7-20/h3-13,15H,2,14,16-17H2,1H3. The van der Waals surface area contributed by atoms with Gasteiger partial charge in [-0.15, -0.1) is 11.6 Å². The summed E-state index contributed by atoms with van der Waals surface area (Å²) in [4.78, 5) is 0. The second-order valence-electron chi connectivity index (χ2n) is 6.20. The zero-order valence-corrected chi connectivity index (χ0v) is 15.3. The molecule has 0 aliphatic heterocycles. The fraction of sp³-hybridized carbons (Fsp3) is 0.217. The van der Waals surface area contributed by atoms with E-state index in [-0.39, 0.29) is 0 Å². The molecule has 0 unspecified atom stereocenters. The highest BCUT2D eigenvalue weighted by Crippen LogP contribution is 2.24. The van der Waals surface area contributed by atoms with Crippen molar-refractivity contribution in [2.45, 2.75) is 32.3 Å². The lowest BCUT2D eigenvalue weighted by atomic mass is 10.0. The maximum absolute atomic E-state index is 6.15. The summed E-state index contributed by atoms with van der Waals surface area (Å²) in [6.07, 6.45) is 1.98. The van der Waals surface area contributed by atoms with Crippen LogP contribution in [0, 0.1) is 0 Å². The van der Waals surface area contributed by atoms with Crippen LogP contribution in [0.15, 0.2) is 72.8 Å². The van der Waals surface area contributed by atoms with Crippen LogP contribution in [-0.4, -0.2) is 0 Å². The van der Waals surface area contributed by atoms with Gasteiger partial charge in [-0.3, -0.25) is 0 Å². The summed E-state index contributed by atoms with van der Waals surface area (Å²) in [5.41, 5.74) is 6.14. The molecule has 25 heavy (non-hydrogen) atoms. The maximum Gasteiger partial charge on any atom is 0.124 e. The van der Waals surface area contributed by atoms with Crippen molar-refractivity contribution in [3.05, 3.63) is 101 Å². The third kappa shape index (κ3) is 4.87. The summed E-state index contributed by atoms with van der Waals surface area (Å²) < 4.78 is 5.97. The van der Waals surface area contributed by atoms with Crippen molar-refractivity contribution in [1.82, 2.24) is 0 Å². The van der Waals surface area contributed by atoms with Gasteiger partial charge in [0.1, 0.15) is 12.4 Å². The lowest BCUT2D eigenvalue weighted by Crippen LogP contribution is -1.99. The second kappa shape index (κ2) is 8.73. The molecule has 0 spiro atoms. The van der Waals surface area contributed by atoms with Gasteiger partial charge in [0, 0.05) is 5.56 Å². The third-order valence-corrected chi connectivity index (χ3v) is 4.63. The van der Waals surface area contributed by atoms with Crippen LogP contribution < -0.4 is 4.74 Å². The van der Waals surface area contributed by atoms with Crippen molar-refractivity contribution in [1.29, 1.82) is 0 Å². The Morgan fingerprint density at radius 3 is 2.12 bits per heavy atom. The largest absolute Gasteiger partial charge is 0.489 e. The Kier molecular flexibility index (Phi) is 6.14. The molecular weight excluding hydrogens is 328 g/mol. The van der Waals surface area contributed by atoms with E-state index in [9.17, 15) is 0 Å². The first-order chi connectivity index (χ1) is 12.3. The first kappa shape index (κ1) is 17.6. The van der Waals surface area contributed by atoms with Crippen LogP contribution in [0.5, 0.6) is 5.75 Å². The highest BCUT2D eigenvalue weighted by Gasteiger charge is 2.06. The SMILES string of the molecule is CCc1ccc(Cc2ccc(OCc3ccccc3)c(CCl)c2)cc1. The number of halogens is 1. The van der Waals surface area contributed by atoms with Crippen LogP contribution in [0.3, 0.4) is 0 Å². The summed E-state index contributed by atoms with van der Waals surface area (Å²) in [6, 6.07) is 25.3. The van der Waals surface area contributed by atoms with E-state index in [0.717, 1.165) is 29.7 Å². The Bertz CT molecular complexity index is 794. The molecule has 2 heteroatoms. The minimum absolute atomic E-state index is 0.451. The van der Waals surface area contributed by atoms with Gasteiger partial charge < -0.3 is 4.74 Å². The number of ether oxygens (including phenoxy) is 1. The predicted octanol–water partition coefficient (Wildman–Crippen LogP) is 6.16. The lowest BCUT2D eigenvalue weighted by Gasteiger charge is -2.12. The van der Waals surface area contributed by atoms with Crippen LogP contribution in [0.2, 0.25) is 0 Å². The molecule has 1 nitrogen and oxygen atoms in total. The van der Waals surface area contributed by atoms with Crippen molar-refractivity contribution in [2.24, 2.45) is 0 Å². The summed E-state index contributed by atoms with van der Waals surface area (Å²) >= 11 is 6.15. The van der Waals surface area contributed by atoms with Gasteiger partial charge in [0.05, 0.1) is 5.88 Å². The number of hydrogen-bond donors (Lipinski definition) is 0. The van der Waals surface area contributed by atoms with Crippen LogP contribution in [0.1, 0.15) is 34.7 Å². The van der Waals surface area contributed by atoms with E-state index in [2.05, 4.69) is 55.5 Å². The van der Waals surface area contributed by atoms with E-state index >= 15 is 0 Å². The van der Waals surface area contributed by atoms with Gasteiger partial charge in [-0.2, -0.15) is 0 Å². The Labute approximate surface area is 155 Å². The molecule has 0 bridgehead atoms. The molecule has 3 aromatic rings. The molecule has 0 heterocycles. The number of aryl methyl sites for hydroxylation is 1. The summed E-state index contributed by atoms with van der Waals surface area (Å²) in [6.45, 7) is 2.73. The topological polar surface area (TPSA) is 9.23 Å². The van der Waals surface area contributed by atoms with Crippen LogP contribution in [0.4, 0.5) is 0 Å². The molecule has 0 aliphatic carbocycles. The van der Waals surface area contributed by atoms with Gasteiger partial charge in [0.25, 0.3) is 0 Å².